The summed E-state index contributed by atoms with van der Waals surface area (Å²) < 4.78 is 0. The molecule has 1 aliphatic carbocycles. The second-order valence-corrected chi connectivity index (χ2v) is 2.87. The number of aromatic nitrogens is 2. The molecular formula is C9H10N2. The standard InChI is InChI=1S/C9H10N2/c1-7-3-2-4-8-9(7)11-6-5-10-8/h2,4-7H,3H2,1H3. The van der Waals surface area contributed by atoms with Gasteiger partial charge in [0.25, 0.3) is 0 Å². The Bertz CT molecular complexity index is 291. The zero-order chi connectivity index (χ0) is 7.68. The minimum Gasteiger partial charge on any atom is -0.257 e. The Morgan fingerprint density at radius 1 is 1.36 bits per heavy atom. The zero-order valence-corrected chi connectivity index (χ0v) is 6.49. The Morgan fingerprint density at radius 3 is 3.00 bits per heavy atom. The third-order valence-corrected chi connectivity index (χ3v) is 1.99. The molecule has 1 atom stereocenters. The SMILES string of the molecule is CC1CC=Cc2nccnc21. The van der Waals surface area contributed by atoms with E-state index in [0.717, 1.165) is 17.8 Å². The highest BCUT2D eigenvalue weighted by Gasteiger charge is 2.13. The van der Waals surface area contributed by atoms with Crippen LogP contribution in [0.15, 0.2) is 18.5 Å². The van der Waals surface area contributed by atoms with Gasteiger partial charge in [-0.15, -0.1) is 0 Å². The van der Waals surface area contributed by atoms with E-state index in [1.54, 1.807) is 12.4 Å². The lowest BCUT2D eigenvalue weighted by Crippen LogP contribution is -2.03. The van der Waals surface area contributed by atoms with Crippen molar-refractivity contribution in [3.05, 3.63) is 29.9 Å². The van der Waals surface area contributed by atoms with Gasteiger partial charge in [-0.3, -0.25) is 9.97 Å². The van der Waals surface area contributed by atoms with Gasteiger partial charge < -0.3 is 0 Å². The first-order valence-corrected chi connectivity index (χ1v) is 3.85. The molecule has 0 aromatic carbocycles. The summed E-state index contributed by atoms with van der Waals surface area (Å²) in [5.41, 5.74) is 2.17. The van der Waals surface area contributed by atoms with E-state index in [4.69, 9.17) is 0 Å². The summed E-state index contributed by atoms with van der Waals surface area (Å²) in [6.45, 7) is 2.18. The molecular weight excluding hydrogens is 136 g/mol. The average Bonchev–Trinajstić information content (AvgIpc) is 2.06. The molecule has 0 fully saturated rings. The lowest BCUT2D eigenvalue weighted by molar-refractivity contribution is 0.730. The van der Waals surface area contributed by atoms with Crippen LogP contribution in [-0.4, -0.2) is 9.97 Å². The first-order chi connectivity index (χ1) is 5.38. The van der Waals surface area contributed by atoms with Crippen molar-refractivity contribution < 1.29 is 0 Å². The average molecular weight is 146 g/mol. The summed E-state index contributed by atoms with van der Waals surface area (Å²) in [6.07, 6.45) is 8.78. The Kier molecular flexibility index (Phi) is 1.46. The predicted molar refractivity (Wildman–Crippen MR) is 44.1 cm³/mol. The molecule has 1 unspecified atom stereocenters. The molecule has 2 nitrogen and oxygen atoms in total. The van der Waals surface area contributed by atoms with Crippen LogP contribution < -0.4 is 0 Å². The second kappa shape index (κ2) is 2.46. The van der Waals surface area contributed by atoms with Gasteiger partial charge in [0, 0.05) is 18.3 Å². The van der Waals surface area contributed by atoms with Crippen molar-refractivity contribution in [1.82, 2.24) is 9.97 Å². The van der Waals surface area contributed by atoms with E-state index >= 15 is 0 Å². The van der Waals surface area contributed by atoms with Crippen LogP contribution in [0.1, 0.15) is 30.7 Å². The van der Waals surface area contributed by atoms with Crippen molar-refractivity contribution >= 4 is 6.08 Å². The molecule has 1 aromatic heterocycles. The Labute approximate surface area is 66.0 Å². The molecule has 11 heavy (non-hydrogen) atoms. The number of hydrogen-bond acceptors (Lipinski definition) is 2. The molecule has 0 saturated heterocycles. The maximum atomic E-state index is 4.29. The highest BCUT2D eigenvalue weighted by atomic mass is 14.8. The molecule has 1 aliphatic rings. The molecule has 0 spiro atoms. The maximum absolute atomic E-state index is 4.29. The quantitative estimate of drug-likeness (QED) is 0.559. The third-order valence-electron chi connectivity index (χ3n) is 1.99. The van der Waals surface area contributed by atoms with Crippen molar-refractivity contribution in [3.63, 3.8) is 0 Å². The molecule has 2 heteroatoms. The maximum Gasteiger partial charge on any atom is 0.0844 e. The molecule has 56 valence electrons. The molecule has 2 rings (SSSR count). The van der Waals surface area contributed by atoms with Gasteiger partial charge in [-0.1, -0.05) is 13.0 Å². The van der Waals surface area contributed by atoms with Crippen molar-refractivity contribution in [2.45, 2.75) is 19.3 Å². The topological polar surface area (TPSA) is 25.8 Å². The van der Waals surface area contributed by atoms with E-state index in [2.05, 4.69) is 23.0 Å². The molecule has 0 N–H and O–H groups in total. The largest absolute Gasteiger partial charge is 0.257 e. The van der Waals surface area contributed by atoms with Crippen molar-refractivity contribution in [1.29, 1.82) is 0 Å². The highest BCUT2D eigenvalue weighted by molar-refractivity contribution is 5.50. The van der Waals surface area contributed by atoms with Crippen molar-refractivity contribution in [2.75, 3.05) is 0 Å². The summed E-state index contributed by atoms with van der Waals surface area (Å²) in [6, 6.07) is 0. The lowest BCUT2D eigenvalue weighted by Gasteiger charge is -2.14. The molecule has 0 saturated carbocycles. The van der Waals surface area contributed by atoms with Gasteiger partial charge in [0.1, 0.15) is 0 Å². The van der Waals surface area contributed by atoms with E-state index in [0.29, 0.717) is 5.92 Å². The van der Waals surface area contributed by atoms with E-state index < -0.39 is 0 Å². The van der Waals surface area contributed by atoms with Crippen LogP contribution in [0.3, 0.4) is 0 Å². The van der Waals surface area contributed by atoms with Crippen LogP contribution in [0.5, 0.6) is 0 Å². The summed E-state index contributed by atoms with van der Waals surface area (Å²) >= 11 is 0. The van der Waals surface area contributed by atoms with Gasteiger partial charge >= 0.3 is 0 Å². The van der Waals surface area contributed by atoms with Crippen LogP contribution in [0.25, 0.3) is 6.08 Å². The fourth-order valence-electron chi connectivity index (χ4n) is 1.36. The van der Waals surface area contributed by atoms with Gasteiger partial charge in [0.05, 0.1) is 11.4 Å². The van der Waals surface area contributed by atoms with E-state index in [1.165, 1.54) is 0 Å². The number of fused-ring (bicyclic) bond motifs is 1. The minimum atomic E-state index is 0.531. The monoisotopic (exact) mass is 146 g/mol. The van der Waals surface area contributed by atoms with Gasteiger partial charge in [-0.25, -0.2) is 0 Å². The number of rotatable bonds is 0. The molecule has 1 heterocycles. The summed E-state index contributed by atoms with van der Waals surface area (Å²) in [7, 11) is 0. The molecule has 0 amide bonds. The Hall–Kier alpha value is -1.18. The van der Waals surface area contributed by atoms with Crippen LogP contribution >= 0.6 is 0 Å². The van der Waals surface area contributed by atoms with Gasteiger partial charge in [0.2, 0.25) is 0 Å². The van der Waals surface area contributed by atoms with E-state index in [-0.39, 0.29) is 0 Å². The first kappa shape index (κ1) is 6.53. The van der Waals surface area contributed by atoms with Gasteiger partial charge in [0.15, 0.2) is 0 Å². The third kappa shape index (κ3) is 1.04. The first-order valence-electron chi connectivity index (χ1n) is 3.85. The van der Waals surface area contributed by atoms with Crippen molar-refractivity contribution in [2.24, 2.45) is 0 Å². The van der Waals surface area contributed by atoms with Crippen LogP contribution in [0.2, 0.25) is 0 Å². The van der Waals surface area contributed by atoms with E-state index in [9.17, 15) is 0 Å². The van der Waals surface area contributed by atoms with Crippen molar-refractivity contribution in [3.8, 4) is 0 Å². The van der Waals surface area contributed by atoms with Crippen LogP contribution in [0, 0.1) is 0 Å². The fourth-order valence-corrected chi connectivity index (χ4v) is 1.36. The lowest BCUT2D eigenvalue weighted by atomic mass is 9.96. The number of allylic oxidation sites excluding steroid dienone is 1. The Morgan fingerprint density at radius 2 is 2.18 bits per heavy atom. The summed E-state index contributed by atoms with van der Waals surface area (Å²) in [5, 5.41) is 0. The smallest absolute Gasteiger partial charge is 0.0844 e. The minimum absolute atomic E-state index is 0.531. The summed E-state index contributed by atoms with van der Waals surface area (Å²) in [4.78, 5) is 8.51. The normalized spacial score (nSPS) is 21.4. The molecule has 0 bridgehead atoms. The van der Waals surface area contributed by atoms with Gasteiger partial charge in [-0.05, 0) is 12.5 Å². The number of hydrogen-bond donors (Lipinski definition) is 0. The zero-order valence-electron chi connectivity index (χ0n) is 6.49. The molecule has 1 aromatic rings. The summed E-state index contributed by atoms with van der Waals surface area (Å²) in [5.74, 6) is 0.531. The number of nitrogens with zero attached hydrogens (tertiary/aromatic N) is 2. The van der Waals surface area contributed by atoms with E-state index in [1.807, 2.05) is 6.08 Å². The molecule has 0 aliphatic heterocycles. The van der Waals surface area contributed by atoms with Crippen LogP contribution in [-0.2, 0) is 0 Å². The predicted octanol–water partition coefficient (Wildman–Crippen LogP) is 2.00. The second-order valence-electron chi connectivity index (χ2n) is 2.87. The van der Waals surface area contributed by atoms with Crippen LogP contribution in [0.4, 0.5) is 0 Å². The fraction of sp³-hybridized carbons (Fsp3) is 0.333. The van der Waals surface area contributed by atoms with Gasteiger partial charge in [-0.2, -0.15) is 0 Å². The highest BCUT2D eigenvalue weighted by Crippen LogP contribution is 2.24. The molecule has 0 radical (unpaired) electrons. The Balaban J connectivity index is 2.54.